The molecule has 1 spiro atoms. The van der Waals surface area contributed by atoms with Crippen LogP contribution in [0.5, 0.6) is 0 Å². The highest BCUT2D eigenvalue weighted by atomic mass is 16.3. The summed E-state index contributed by atoms with van der Waals surface area (Å²) in [6.07, 6.45) is 1.68. The third-order valence-electron chi connectivity index (χ3n) is 5.58. The normalized spacial score (nSPS) is 31.3. The van der Waals surface area contributed by atoms with Gasteiger partial charge in [-0.1, -0.05) is 0 Å². The van der Waals surface area contributed by atoms with E-state index in [9.17, 15) is 19.8 Å². The van der Waals surface area contributed by atoms with Gasteiger partial charge in [-0.25, -0.2) is 0 Å². The Hall–Kier alpha value is -1.18. The summed E-state index contributed by atoms with van der Waals surface area (Å²) in [7, 11) is 0. The predicted molar refractivity (Wildman–Crippen MR) is 83.5 cm³/mol. The van der Waals surface area contributed by atoms with Crippen LogP contribution in [0, 0.1) is 5.41 Å². The number of rotatable bonds is 4. The monoisotopic (exact) mass is 325 g/mol. The van der Waals surface area contributed by atoms with Gasteiger partial charge in [-0.2, -0.15) is 0 Å². The van der Waals surface area contributed by atoms with Crippen LogP contribution in [0.25, 0.3) is 0 Å². The van der Waals surface area contributed by atoms with Crippen molar-refractivity contribution in [2.75, 3.05) is 32.7 Å². The number of hydrogen-bond donors (Lipinski definition) is 3. The van der Waals surface area contributed by atoms with E-state index in [4.69, 9.17) is 0 Å². The fourth-order valence-electron chi connectivity index (χ4n) is 3.71. The van der Waals surface area contributed by atoms with Crippen LogP contribution < -0.4 is 5.32 Å². The molecule has 0 aromatic carbocycles. The average Bonchev–Trinajstić information content (AvgIpc) is 3.28. The van der Waals surface area contributed by atoms with Crippen molar-refractivity contribution in [2.45, 2.75) is 50.9 Å². The maximum Gasteiger partial charge on any atom is 0.239 e. The third kappa shape index (κ3) is 3.51. The summed E-state index contributed by atoms with van der Waals surface area (Å²) in [6, 6.07) is -0.237. The number of amides is 2. The van der Waals surface area contributed by atoms with Crippen molar-refractivity contribution < 1.29 is 19.8 Å². The molecule has 3 aliphatic rings. The Balaban J connectivity index is 1.46. The summed E-state index contributed by atoms with van der Waals surface area (Å²) in [5, 5.41) is 23.4. The first-order valence-electron chi connectivity index (χ1n) is 8.57. The van der Waals surface area contributed by atoms with Crippen LogP contribution in [0.1, 0.15) is 32.6 Å². The number of piperidine rings is 1. The van der Waals surface area contributed by atoms with E-state index in [1.807, 2.05) is 0 Å². The van der Waals surface area contributed by atoms with Crippen molar-refractivity contribution in [1.29, 1.82) is 0 Å². The van der Waals surface area contributed by atoms with E-state index in [2.05, 4.69) is 5.32 Å². The van der Waals surface area contributed by atoms with Gasteiger partial charge >= 0.3 is 0 Å². The Kier molecular flexibility index (Phi) is 4.62. The standard InChI is InChI=1S/C16H27N3O4/c1-11-15(23)19(7-5-17-11)9-12(20)8-14(22)18-6-4-16(2-3-16)13(21)10-18/h11-13,17,20-21H,2-10H2,1H3. The number of nitrogens with one attached hydrogen (secondary N) is 1. The minimum Gasteiger partial charge on any atom is -0.391 e. The quantitative estimate of drug-likeness (QED) is 0.612. The van der Waals surface area contributed by atoms with E-state index in [1.165, 1.54) is 0 Å². The smallest absolute Gasteiger partial charge is 0.239 e. The Labute approximate surface area is 136 Å². The molecule has 3 fully saturated rings. The molecule has 3 atom stereocenters. The predicted octanol–water partition coefficient (Wildman–Crippen LogP) is -1.07. The first kappa shape index (κ1) is 16.7. The second kappa shape index (κ2) is 6.37. The first-order valence-corrected chi connectivity index (χ1v) is 8.57. The molecule has 3 N–H and O–H groups in total. The molecule has 23 heavy (non-hydrogen) atoms. The highest BCUT2D eigenvalue weighted by Crippen LogP contribution is 2.53. The number of carbonyl (C=O) groups excluding carboxylic acids is 2. The molecule has 2 amide bonds. The second-order valence-corrected chi connectivity index (χ2v) is 7.29. The van der Waals surface area contributed by atoms with Crippen molar-refractivity contribution >= 4 is 11.8 Å². The largest absolute Gasteiger partial charge is 0.391 e. The van der Waals surface area contributed by atoms with Crippen LogP contribution in [0.15, 0.2) is 0 Å². The van der Waals surface area contributed by atoms with Gasteiger partial charge < -0.3 is 25.3 Å². The van der Waals surface area contributed by atoms with Crippen molar-refractivity contribution in [2.24, 2.45) is 5.41 Å². The van der Waals surface area contributed by atoms with E-state index in [0.29, 0.717) is 26.2 Å². The van der Waals surface area contributed by atoms with Gasteiger partial charge in [-0.05, 0) is 31.6 Å². The van der Waals surface area contributed by atoms with E-state index >= 15 is 0 Å². The zero-order chi connectivity index (χ0) is 16.6. The highest BCUT2D eigenvalue weighted by molar-refractivity contribution is 5.82. The van der Waals surface area contributed by atoms with Crippen LogP contribution in [0.3, 0.4) is 0 Å². The molecule has 1 aliphatic carbocycles. The Morgan fingerprint density at radius 3 is 2.78 bits per heavy atom. The van der Waals surface area contributed by atoms with Crippen molar-refractivity contribution in [3.05, 3.63) is 0 Å². The van der Waals surface area contributed by atoms with Gasteiger partial charge in [0.2, 0.25) is 11.8 Å². The number of hydrogen-bond acceptors (Lipinski definition) is 5. The summed E-state index contributed by atoms with van der Waals surface area (Å²) in [6.45, 7) is 4.28. The summed E-state index contributed by atoms with van der Waals surface area (Å²) in [5.74, 6) is -0.172. The van der Waals surface area contributed by atoms with E-state index < -0.39 is 12.2 Å². The van der Waals surface area contributed by atoms with Gasteiger partial charge in [0.1, 0.15) is 0 Å². The average molecular weight is 325 g/mol. The summed E-state index contributed by atoms with van der Waals surface area (Å²) < 4.78 is 0. The lowest BCUT2D eigenvalue weighted by atomic mass is 9.90. The molecule has 7 nitrogen and oxygen atoms in total. The summed E-state index contributed by atoms with van der Waals surface area (Å²) in [4.78, 5) is 27.6. The number of nitrogens with zero attached hydrogens (tertiary/aromatic N) is 2. The van der Waals surface area contributed by atoms with Gasteiger partial charge in [-0.3, -0.25) is 9.59 Å². The molecule has 7 heteroatoms. The zero-order valence-electron chi connectivity index (χ0n) is 13.7. The van der Waals surface area contributed by atoms with Crippen molar-refractivity contribution in [3.8, 4) is 0 Å². The third-order valence-corrected chi connectivity index (χ3v) is 5.58. The molecule has 2 aliphatic heterocycles. The summed E-state index contributed by atoms with van der Waals surface area (Å²) in [5.41, 5.74) is 0.0682. The number of piperazine rings is 1. The first-order chi connectivity index (χ1) is 10.9. The van der Waals surface area contributed by atoms with Crippen LogP contribution in [0.2, 0.25) is 0 Å². The number of aliphatic hydroxyl groups excluding tert-OH is 2. The van der Waals surface area contributed by atoms with E-state index in [0.717, 1.165) is 19.3 Å². The van der Waals surface area contributed by atoms with Gasteiger partial charge in [-0.15, -0.1) is 0 Å². The van der Waals surface area contributed by atoms with Crippen LogP contribution >= 0.6 is 0 Å². The van der Waals surface area contributed by atoms with Crippen LogP contribution in [0.4, 0.5) is 0 Å². The lowest BCUT2D eigenvalue weighted by Gasteiger charge is -2.37. The molecule has 0 aromatic rings. The minimum absolute atomic E-state index is 0.00527. The zero-order valence-corrected chi connectivity index (χ0v) is 13.7. The molecule has 3 rings (SSSR count). The van der Waals surface area contributed by atoms with Gasteiger partial charge in [0.15, 0.2) is 0 Å². The molecule has 0 bridgehead atoms. The molecule has 1 saturated carbocycles. The fourth-order valence-corrected chi connectivity index (χ4v) is 3.71. The molecular weight excluding hydrogens is 298 g/mol. The number of β-amino-alcohol motifs (C(OH)–C–C–N with tert-alkyl or cyclic N) is 2. The lowest BCUT2D eigenvalue weighted by Crippen LogP contribution is -2.55. The van der Waals surface area contributed by atoms with E-state index in [-0.39, 0.29) is 36.2 Å². The van der Waals surface area contributed by atoms with Crippen LogP contribution in [-0.4, -0.2) is 82.8 Å². The van der Waals surface area contributed by atoms with Crippen molar-refractivity contribution in [3.63, 3.8) is 0 Å². The highest BCUT2D eigenvalue weighted by Gasteiger charge is 2.51. The Morgan fingerprint density at radius 1 is 1.39 bits per heavy atom. The topological polar surface area (TPSA) is 93.1 Å². The minimum atomic E-state index is -0.856. The number of aliphatic hydroxyl groups is 2. The number of likely N-dealkylation sites (tertiary alicyclic amines) is 1. The van der Waals surface area contributed by atoms with Crippen molar-refractivity contribution in [1.82, 2.24) is 15.1 Å². The molecule has 130 valence electrons. The lowest BCUT2D eigenvalue weighted by molar-refractivity contribution is -0.141. The molecule has 0 aromatic heterocycles. The maximum absolute atomic E-state index is 12.3. The fraction of sp³-hybridized carbons (Fsp3) is 0.875. The molecular formula is C16H27N3O4. The maximum atomic E-state index is 12.3. The number of carbonyl (C=O) groups is 2. The Morgan fingerprint density at radius 2 is 2.13 bits per heavy atom. The second-order valence-electron chi connectivity index (χ2n) is 7.29. The van der Waals surface area contributed by atoms with Gasteiger partial charge in [0.25, 0.3) is 0 Å². The molecule has 2 saturated heterocycles. The van der Waals surface area contributed by atoms with Gasteiger partial charge in [0, 0.05) is 32.7 Å². The molecule has 0 radical (unpaired) electrons. The summed E-state index contributed by atoms with van der Waals surface area (Å²) >= 11 is 0. The SMILES string of the molecule is CC1NCCN(CC(O)CC(=O)N2CCC3(CC3)C(O)C2)C1=O. The van der Waals surface area contributed by atoms with Crippen LogP contribution in [-0.2, 0) is 9.59 Å². The van der Waals surface area contributed by atoms with E-state index in [1.54, 1.807) is 16.7 Å². The molecule has 2 heterocycles. The molecule has 3 unspecified atom stereocenters. The Bertz CT molecular complexity index is 480. The van der Waals surface area contributed by atoms with Gasteiger partial charge in [0.05, 0.1) is 24.7 Å².